The van der Waals surface area contributed by atoms with E-state index in [-0.39, 0.29) is 0 Å². The number of hydrogen-bond acceptors (Lipinski definition) is 4. The van der Waals surface area contributed by atoms with Crippen LogP contribution >= 0.6 is 0 Å². The second-order valence-corrected chi connectivity index (χ2v) is 3.95. The predicted octanol–water partition coefficient (Wildman–Crippen LogP) is 0.927. The van der Waals surface area contributed by atoms with Crippen LogP contribution in [0.1, 0.15) is 12.5 Å². The Kier molecular flexibility index (Phi) is 7.02. The van der Waals surface area contributed by atoms with Gasteiger partial charge in [-0.2, -0.15) is 0 Å². The van der Waals surface area contributed by atoms with Gasteiger partial charge in [-0.15, -0.1) is 0 Å². The lowest BCUT2D eigenvalue weighted by Crippen LogP contribution is -2.46. The van der Waals surface area contributed by atoms with Crippen molar-refractivity contribution in [3.8, 4) is 0 Å². The Morgan fingerprint density at radius 2 is 2.12 bits per heavy atom. The van der Waals surface area contributed by atoms with Gasteiger partial charge in [0.15, 0.2) is 0 Å². The van der Waals surface area contributed by atoms with Gasteiger partial charge >= 0.3 is 0 Å². The van der Waals surface area contributed by atoms with Crippen LogP contribution in [-0.2, 0) is 16.1 Å². The Hall–Kier alpha value is -1.39. The van der Waals surface area contributed by atoms with Gasteiger partial charge in [0.2, 0.25) is 0 Å². The molecule has 17 heavy (non-hydrogen) atoms. The van der Waals surface area contributed by atoms with Gasteiger partial charge in [0.25, 0.3) is 6.47 Å². The Bertz CT molecular complexity index is 298. The molecule has 1 heterocycles. The molecule has 1 aromatic carbocycles. The third-order valence-electron chi connectivity index (χ3n) is 2.41. The fourth-order valence-electron chi connectivity index (χ4n) is 1.50. The molecule has 0 saturated carbocycles. The van der Waals surface area contributed by atoms with Crippen LogP contribution in [0.15, 0.2) is 30.3 Å². The highest BCUT2D eigenvalue weighted by atomic mass is 16.5. The van der Waals surface area contributed by atoms with Gasteiger partial charge in [-0.3, -0.25) is 4.79 Å². The molecule has 2 N–H and O–H groups in total. The first kappa shape index (κ1) is 13.7. The van der Waals surface area contributed by atoms with Crippen molar-refractivity contribution in [2.75, 3.05) is 19.6 Å². The lowest BCUT2D eigenvalue weighted by atomic mass is 10.2. The summed E-state index contributed by atoms with van der Waals surface area (Å²) in [6, 6.07) is 10.2. The number of piperazine rings is 1. The minimum absolute atomic E-state index is 0.365. The number of hydrogen-bond donors (Lipinski definition) is 2. The smallest absolute Gasteiger partial charge is 0.293 e. The predicted molar refractivity (Wildman–Crippen MR) is 67.6 cm³/mol. The summed E-state index contributed by atoms with van der Waals surface area (Å²) < 4.78 is 4.54. The average molecular weight is 236 g/mol. The van der Waals surface area contributed by atoms with E-state index in [1.54, 1.807) is 0 Å². The Labute approximate surface area is 102 Å². The van der Waals surface area contributed by atoms with Gasteiger partial charge < -0.3 is 15.4 Å². The normalized spacial score (nSPS) is 18.8. The van der Waals surface area contributed by atoms with Crippen molar-refractivity contribution in [2.24, 2.45) is 0 Å². The average Bonchev–Trinajstić information content (AvgIpc) is 2.39. The highest BCUT2D eigenvalue weighted by molar-refractivity contribution is 5.37. The molecular formula is C13H20N2O2. The summed E-state index contributed by atoms with van der Waals surface area (Å²) in [7, 11) is 0. The highest BCUT2D eigenvalue weighted by Gasteiger charge is 2.03. The molecule has 1 fully saturated rings. The van der Waals surface area contributed by atoms with Crippen LogP contribution in [0.3, 0.4) is 0 Å². The molecule has 2 rings (SSSR count). The molecule has 0 aromatic heterocycles. The van der Waals surface area contributed by atoms with Crippen LogP contribution in [0.5, 0.6) is 0 Å². The van der Waals surface area contributed by atoms with E-state index < -0.39 is 0 Å². The first-order valence-corrected chi connectivity index (χ1v) is 5.86. The molecule has 1 saturated heterocycles. The number of carbonyl (C=O) groups is 1. The minimum Gasteiger partial charge on any atom is -0.463 e. The fourth-order valence-corrected chi connectivity index (χ4v) is 1.50. The lowest BCUT2D eigenvalue weighted by molar-refractivity contribution is -0.129. The Morgan fingerprint density at radius 3 is 2.59 bits per heavy atom. The molecule has 1 aliphatic heterocycles. The minimum atomic E-state index is 0.365. The standard InChI is InChI=1S/C8H8O2.C5H12N2/c9-7-10-6-8-4-2-1-3-5-8;1-5-4-6-2-3-7-5/h1-5,7H,6H2;5-7H,2-4H2,1H3/t;5-/m.0/s1. The third-order valence-corrected chi connectivity index (χ3v) is 2.41. The maximum absolute atomic E-state index is 9.76. The quantitative estimate of drug-likeness (QED) is 0.767. The van der Waals surface area contributed by atoms with Gasteiger partial charge in [0, 0.05) is 25.7 Å². The first-order chi connectivity index (χ1) is 8.33. The van der Waals surface area contributed by atoms with E-state index in [1.807, 2.05) is 30.3 Å². The topological polar surface area (TPSA) is 50.4 Å². The zero-order valence-corrected chi connectivity index (χ0v) is 10.2. The van der Waals surface area contributed by atoms with Gasteiger partial charge in [-0.05, 0) is 12.5 Å². The van der Waals surface area contributed by atoms with Crippen LogP contribution in [-0.4, -0.2) is 32.1 Å². The molecule has 0 aliphatic carbocycles. The summed E-state index contributed by atoms with van der Waals surface area (Å²) in [5.74, 6) is 0. The number of carbonyl (C=O) groups excluding carboxylic acids is 1. The summed E-state index contributed by atoms with van der Waals surface area (Å²) in [6.07, 6.45) is 0. The van der Waals surface area contributed by atoms with E-state index in [2.05, 4.69) is 22.3 Å². The van der Waals surface area contributed by atoms with Crippen molar-refractivity contribution in [1.82, 2.24) is 10.6 Å². The molecule has 0 unspecified atom stereocenters. The van der Waals surface area contributed by atoms with E-state index in [0.29, 0.717) is 19.1 Å². The molecule has 1 atom stereocenters. The number of rotatable bonds is 3. The summed E-state index contributed by atoms with van der Waals surface area (Å²) in [6.45, 7) is 6.38. The van der Waals surface area contributed by atoms with Gasteiger partial charge in [0.1, 0.15) is 6.61 Å². The monoisotopic (exact) mass is 236 g/mol. The molecule has 1 aromatic rings. The maximum Gasteiger partial charge on any atom is 0.293 e. The lowest BCUT2D eigenvalue weighted by Gasteiger charge is -2.19. The van der Waals surface area contributed by atoms with Gasteiger partial charge in [-0.25, -0.2) is 0 Å². The second kappa shape index (κ2) is 8.73. The molecule has 0 bridgehead atoms. The largest absolute Gasteiger partial charge is 0.463 e. The van der Waals surface area contributed by atoms with Crippen LogP contribution in [0.25, 0.3) is 0 Å². The molecule has 1 aliphatic rings. The van der Waals surface area contributed by atoms with Crippen LogP contribution in [0.2, 0.25) is 0 Å². The van der Waals surface area contributed by atoms with Crippen molar-refractivity contribution in [1.29, 1.82) is 0 Å². The number of nitrogens with one attached hydrogen (secondary N) is 2. The van der Waals surface area contributed by atoms with Crippen molar-refractivity contribution in [3.63, 3.8) is 0 Å². The van der Waals surface area contributed by atoms with Crippen molar-refractivity contribution >= 4 is 6.47 Å². The summed E-state index contributed by atoms with van der Waals surface area (Å²) in [5.41, 5.74) is 1.01. The van der Waals surface area contributed by atoms with E-state index in [1.165, 1.54) is 0 Å². The Morgan fingerprint density at radius 1 is 1.35 bits per heavy atom. The molecule has 94 valence electrons. The SMILES string of the molecule is C[C@H]1CNCCN1.O=COCc1ccccc1. The Balaban J connectivity index is 0.000000181. The zero-order chi connectivity index (χ0) is 12.3. The highest BCUT2D eigenvalue weighted by Crippen LogP contribution is 1.98. The molecule has 0 radical (unpaired) electrons. The van der Waals surface area contributed by atoms with Gasteiger partial charge in [-0.1, -0.05) is 30.3 Å². The summed E-state index contributed by atoms with van der Waals surface area (Å²) in [4.78, 5) is 9.76. The fraction of sp³-hybridized carbons (Fsp3) is 0.462. The zero-order valence-electron chi connectivity index (χ0n) is 10.2. The third kappa shape index (κ3) is 6.71. The summed E-state index contributed by atoms with van der Waals surface area (Å²) >= 11 is 0. The second-order valence-electron chi connectivity index (χ2n) is 3.95. The van der Waals surface area contributed by atoms with Crippen molar-refractivity contribution < 1.29 is 9.53 Å². The molecular weight excluding hydrogens is 216 g/mol. The number of ether oxygens (including phenoxy) is 1. The van der Waals surface area contributed by atoms with Crippen molar-refractivity contribution in [2.45, 2.75) is 19.6 Å². The van der Waals surface area contributed by atoms with Crippen LogP contribution in [0, 0.1) is 0 Å². The summed E-state index contributed by atoms with van der Waals surface area (Å²) in [5, 5.41) is 6.59. The van der Waals surface area contributed by atoms with E-state index >= 15 is 0 Å². The molecule has 0 amide bonds. The van der Waals surface area contributed by atoms with E-state index in [9.17, 15) is 4.79 Å². The maximum atomic E-state index is 9.76. The van der Waals surface area contributed by atoms with Crippen LogP contribution in [0.4, 0.5) is 0 Å². The van der Waals surface area contributed by atoms with E-state index in [0.717, 1.165) is 25.2 Å². The van der Waals surface area contributed by atoms with Crippen molar-refractivity contribution in [3.05, 3.63) is 35.9 Å². The molecule has 4 heteroatoms. The van der Waals surface area contributed by atoms with Crippen LogP contribution < -0.4 is 10.6 Å². The molecule has 0 spiro atoms. The van der Waals surface area contributed by atoms with E-state index in [4.69, 9.17) is 0 Å². The molecule has 4 nitrogen and oxygen atoms in total. The first-order valence-electron chi connectivity index (χ1n) is 5.86. The van der Waals surface area contributed by atoms with Gasteiger partial charge in [0.05, 0.1) is 0 Å². The number of benzene rings is 1.